The highest BCUT2D eigenvalue weighted by molar-refractivity contribution is 4.86. The lowest BCUT2D eigenvalue weighted by Gasteiger charge is -2.01. The molecule has 1 heterocycles. The van der Waals surface area contributed by atoms with E-state index in [1.165, 1.54) is 0 Å². The van der Waals surface area contributed by atoms with E-state index >= 15 is 0 Å². The Hall–Kier alpha value is -1.41. The van der Waals surface area contributed by atoms with Gasteiger partial charge in [-0.05, 0) is 6.92 Å². The number of nitrogens with zero attached hydrogens (tertiary/aromatic N) is 4. The molecule has 12 heavy (non-hydrogen) atoms. The van der Waals surface area contributed by atoms with Crippen molar-refractivity contribution in [3.8, 4) is 6.07 Å². The molecule has 0 amide bonds. The van der Waals surface area contributed by atoms with Gasteiger partial charge in [-0.25, -0.2) is 0 Å². The van der Waals surface area contributed by atoms with Crippen LogP contribution in [0.2, 0.25) is 0 Å². The maximum atomic E-state index is 8.27. The van der Waals surface area contributed by atoms with E-state index in [9.17, 15) is 0 Å². The van der Waals surface area contributed by atoms with Crippen LogP contribution in [0.3, 0.4) is 0 Å². The lowest BCUT2D eigenvalue weighted by atomic mass is 10.5. The molecule has 5 heteroatoms. The first-order valence-corrected chi connectivity index (χ1v) is 3.82. The smallest absolute Gasteiger partial charge is 0.146 e. The van der Waals surface area contributed by atoms with Gasteiger partial charge in [0.05, 0.1) is 19.2 Å². The Morgan fingerprint density at radius 3 is 3.25 bits per heavy atom. The molecule has 0 atom stereocenters. The molecule has 0 aliphatic rings. The standard InChI is InChI=1S/C7H11N5/c1-2-12-6-10-11-7(12)5-9-4-3-8/h6,9H,2,4-5H2,1H3. The Morgan fingerprint density at radius 1 is 1.75 bits per heavy atom. The highest BCUT2D eigenvalue weighted by atomic mass is 15.3. The zero-order chi connectivity index (χ0) is 8.81. The summed E-state index contributed by atoms with van der Waals surface area (Å²) in [5.41, 5.74) is 0. The van der Waals surface area contributed by atoms with Gasteiger partial charge >= 0.3 is 0 Å². The summed E-state index contributed by atoms with van der Waals surface area (Å²) in [5.74, 6) is 0.868. The number of aryl methyl sites for hydroxylation is 1. The maximum Gasteiger partial charge on any atom is 0.146 e. The first-order chi connectivity index (χ1) is 5.88. The number of rotatable bonds is 4. The van der Waals surface area contributed by atoms with E-state index in [0.29, 0.717) is 13.1 Å². The fourth-order valence-corrected chi connectivity index (χ4v) is 0.910. The molecule has 0 aliphatic carbocycles. The van der Waals surface area contributed by atoms with Gasteiger partial charge in [-0.2, -0.15) is 5.26 Å². The van der Waals surface area contributed by atoms with Gasteiger partial charge in [-0.3, -0.25) is 5.32 Å². The van der Waals surface area contributed by atoms with Gasteiger partial charge < -0.3 is 4.57 Å². The van der Waals surface area contributed by atoms with Crippen molar-refractivity contribution in [2.75, 3.05) is 6.54 Å². The topological polar surface area (TPSA) is 66.5 Å². The molecule has 1 rings (SSSR count). The maximum absolute atomic E-state index is 8.27. The summed E-state index contributed by atoms with van der Waals surface area (Å²) in [6.07, 6.45) is 1.68. The molecule has 0 aliphatic heterocycles. The second-order valence-corrected chi connectivity index (χ2v) is 2.29. The molecule has 0 saturated carbocycles. The van der Waals surface area contributed by atoms with Gasteiger partial charge in [0.1, 0.15) is 12.2 Å². The molecule has 64 valence electrons. The van der Waals surface area contributed by atoms with Crippen molar-refractivity contribution >= 4 is 0 Å². The van der Waals surface area contributed by atoms with Crippen molar-refractivity contribution in [1.29, 1.82) is 5.26 Å². The third-order valence-electron chi connectivity index (χ3n) is 1.52. The van der Waals surface area contributed by atoms with Crippen molar-refractivity contribution in [1.82, 2.24) is 20.1 Å². The molecule has 5 nitrogen and oxygen atoms in total. The fraction of sp³-hybridized carbons (Fsp3) is 0.571. The van der Waals surface area contributed by atoms with Crippen molar-refractivity contribution in [3.05, 3.63) is 12.2 Å². The summed E-state index contributed by atoms with van der Waals surface area (Å²) < 4.78 is 1.93. The first kappa shape index (κ1) is 8.68. The zero-order valence-electron chi connectivity index (χ0n) is 6.99. The molecule has 0 fully saturated rings. The van der Waals surface area contributed by atoms with Crippen LogP contribution in [0.25, 0.3) is 0 Å². The number of hydrogen-bond donors (Lipinski definition) is 1. The van der Waals surface area contributed by atoms with Gasteiger partial charge in [0.2, 0.25) is 0 Å². The Bertz CT molecular complexity index is 272. The first-order valence-electron chi connectivity index (χ1n) is 3.82. The second kappa shape index (κ2) is 4.46. The second-order valence-electron chi connectivity index (χ2n) is 2.29. The third kappa shape index (κ3) is 2.04. The fourth-order valence-electron chi connectivity index (χ4n) is 0.910. The van der Waals surface area contributed by atoms with E-state index in [-0.39, 0.29) is 0 Å². The SMILES string of the molecule is CCn1cnnc1CNCC#N. The summed E-state index contributed by atoms with van der Waals surface area (Å²) in [5, 5.41) is 18.9. The molecule has 0 radical (unpaired) electrons. The number of nitrogens with one attached hydrogen (secondary N) is 1. The van der Waals surface area contributed by atoms with Crippen molar-refractivity contribution in [3.63, 3.8) is 0 Å². The monoisotopic (exact) mass is 165 g/mol. The Labute approximate surface area is 71.0 Å². The summed E-state index contributed by atoms with van der Waals surface area (Å²) in [6, 6.07) is 2.00. The molecule has 1 N–H and O–H groups in total. The predicted octanol–water partition coefficient (Wildman–Crippen LogP) is -0.0888. The highest BCUT2D eigenvalue weighted by Gasteiger charge is 1.99. The van der Waals surface area contributed by atoms with E-state index < -0.39 is 0 Å². The number of nitriles is 1. The lowest BCUT2D eigenvalue weighted by molar-refractivity contribution is 0.642. The minimum Gasteiger partial charge on any atom is -0.317 e. The summed E-state index contributed by atoms with van der Waals surface area (Å²) in [7, 11) is 0. The average Bonchev–Trinajstić information content (AvgIpc) is 2.52. The summed E-state index contributed by atoms with van der Waals surface area (Å²) in [6.45, 7) is 3.83. The van der Waals surface area contributed by atoms with Gasteiger partial charge in [0.15, 0.2) is 0 Å². The normalized spacial score (nSPS) is 9.67. The molecule has 1 aromatic heterocycles. The molecular weight excluding hydrogens is 154 g/mol. The van der Waals surface area contributed by atoms with Crippen LogP contribution >= 0.6 is 0 Å². The van der Waals surface area contributed by atoms with Crippen molar-refractivity contribution < 1.29 is 0 Å². The zero-order valence-corrected chi connectivity index (χ0v) is 6.99. The molecule has 0 saturated heterocycles. The number of hydrogen-bond acceptors (Lipinski definition) is 4. The average molecular weight is 165 g/mol. The van der Waals surface area contributed by atoms with Gasteiger partial charge in [-0.15, -0.1) is 10.2 Å². The highest BCUT2D eigenvalue weighted by Crippen LogP contribution is 1.92. The Balaban J connectivity index is 2.46. The van der Waals surface area contributed by atoms with Crippen LogP contribution in [0.1, 0.15) is 12.7 Å². The van der Waals surface area contributed by atoms with Gasteiger partial charge in [0, 0.05) is 6.54 Å². The minimum absolute atomic E-state index is 0.344. The third-order valence-corrected chi connectivity index (χ3v) is 1.52. The molecule has 0 unspecified atom stereocenters. The van der Waals surface area contributed by atoms with Gasteiger partial charge in [-0.1, -0.05) is 0 Å². The van der Waals surface area contributed by atoms with E-state index in [1.54, 1.807) is 6.33 Å². The van der Waals surface area contributed by atoms with Crippen LogP contribution in [0.15, 0.2) is 6.33 Å². The molecule has 0 aromatic carbocycles. The largest absolute Gasteiger partial charge is 0.317 e. The van der Waals surface area contributed by atoms with Crippen LogP contribution in [0, 0.1) is 11.3 Å². The molecule has 0 spiro atoms. The van der Waals surface area contributed by atoms with E-state index in [0.717, 1.165) is 12.4 Å². The molecular formula is C7H11N5. The molecule has 0 bridgehead atoms. The summed E-state index contributed by atoms with van der Waals surface area (Å²) >= 11 is 0. The van der Waals surface area contributed by atoms with E-state index in [2.05, 4.69) is 15.5 Å². The Kier molecular flexibility index (Phi) is 3.23. The van der Waals surface area contributed by atoms with Crippen LogP contribution in [-0.4, -0.2) is 21.3 Å². The lowest BCUT2D eigenvalue weighted by Crippen LogP contribution is -2.16. The van der Waals surface area contributed by atoms with Crippen molar-refractivity contribution in [2.45, 2.75) is 20.0 Å². The minimum atomic E-state index is 0.344. The number of aromatic nitrogens is 3. The van der Waals surface area contributed by atoms with E-state index in [4.69, 9.17) is 5.26 Å². The van der Waals surface area contributed by atoms with Crippen molar-refractivity contribution in [2.24, 2.45) is 0 Å². The Morgan fingerprint density at radius 2 is 2.58 bits per heavy atom. The van der Waals surface area contributed by atoms with Crippen LogP contribution in [-0.2, 0) is 13.1 Å². The predicted molar refractivity (Wildman–Crippen MR) is 43.0 cm³/mol. The van der Waals surface area contributed by atoms with Crippen LogP contribution in [0.5, 0.6) is 0 Å². The van der Waals surface area contributed by atoms with Crippen LogP contribution < -0.4 is 5.32 Å². The van der Waals surface area contributed by atoms with E-state index in [1.807, 2.05) is 17.6 Å². The van der Waals surface area contributed by atoms with Gasteiger partial charge in [0.25, 0.3) is 0 Å². The molecule has 1 aromatic rings. The quantitative estimate of drug-likeness (QED) is 0.500. The summed E-state index contributed by atoms with van der Waals surface area (Å²) in [4.78, 5) is 0. The van der Waals surface area contributed by atoms with Crippen LogP contribution in [0.4, 0.5) is 0 Å².